The highest BCUT2D eigenvalue weighted by Crippen LogP contribution is 2.27. The summed E-state index contributed by atoms with van der Waals surface area (Å²) < 4.78 is 38.8. The molecule has 2 heterocycles. The Morgan fingerprint density at radius 2 is 1.65 bits per heavy atom. The molecule has 0 amide bonds. The number of piperidine rings is 1. The van der Waals surface area contributed by atoms with Crippen molar-refractivity contribution < 1.29 is 22.4 Å². The number of benzene rings is 2. The zero-order valence-corrected chi connectivity index (χ0v) is 20.6. The number of rotatable bonds is 6. The second-order valence-corrected chi connectivity index (χ2v) is 11.1. The number of aromatic nitrogens is 2. The van der Waals surface area contributed by atoms with E-state index in [4.69, 9.17) is 9.15 Å². The van der Waals surface area contributed by atoms with E-state index < -0.39 is 22.1 Å². The summed E-state index contributed by atoms with van der Waals surface area (Å²) in [6, 6.07) is 13.5. The fourth-order valence-electron chi connectivity index (χ4n) is 4.20. The van der Waals surface area contributed by atoms with Crippen LogP contribution in [0.5, 0.6) is 0 Å². The number of nitrogens with zero attached hydrogens (tertiary/aromatic N) is 3. The maximum Gasteiger partial charge on any atom is 0.338 e. The number of esters is 1. The number of carbonyl (C=O) groups excluding carboxylic acids is 1. The van der Waals surface area contributed by atoms with E-state index in [0.717, 1.165) is 17.5 Å². The Bertz CT molecular complexity index is 1240. The molecule has 180 valence electrons. The van der Waals surface area contributed by atoms with Gasteiger partial charge in [-0.1, -0.05) is 31.5 Å². The van der Waals surface area contributed by atoms with Crippen LogP contribution in [0.15, 0.2) is 57.8 Å². The van der Waals surface area contributed by atoms with Gasteiger partial charge < -0.3 is 9.15 Å². The monoisotopic (exact) mass is 483 g/mol. The van der Waals surface area contributed by atoms with E-state index in [2.05, 4.69) is 24.0 Å². The molecule has 0 N–H and O–H groups in total. The topological polar surface area (TPSA) is 103 Å². The van der Waals surface area contributed by atoms with Gasteiger partial charge in [-0.25, -0.2) is 13.2 Å². The molecule has 0 aliphatic carbocycles. The standard InChI is InChI=1S/C25H29N3O5S/c1-16-5-7-20(8-6-16)24-27-26-23(33-24)19(4)32-25(29)21-9-11-22(12-10-21)34(30,31)28-14-17(2)13-18(3)15-28/h5-12,17-19H,13-15H2,1-4H3. The second-order valence-electron chi connectivity index (χ2n) is 9.15. The van der Waals surface area contributed by atoms with Gasteiger partial charge in [0.25, 0.3) is 5.89 Å². The lowest BCUT2D eigenvalue weighted by Crippen LogP contribution is -2.42. The van der Waals surface area contributed by atoms with Crippen LogP contribution in [-0.2, 0) is 14.8 Å². The molecule has 34 heavy (non-hydrogen) atoms. The lowest BCUT2D eigenvalue weighted by molar-refractivity contribution is 0.0279. The molecule has 9 heteroatoms. The number of hydrogen-bond donors (Lipinski definition) is 0. The summed E-state index contributed by atoms with van der Waals surface area (Å²) in [6.45, 7) is 8.76. The van der Waals surface area contributed by atoms with E-state index in [1.54, 1.807) is 6.92 Å². The van der Waals surface area contributed by atoms with Gasteiger partial charge in [0.15, 0.2) is 6.10 Å². The number of carbonyl (C=O) groups is 1. The first-order chi connectivity index (χ1) is 16.1. The van der Waals surface area contributed by atoms with Gasteiger partial charge in [-0.15, -0.1) is 10.2 Å². The predicted molar refractivity (Wildman–Crippen MR) is 126 cm³/mol. The Hall–Kier alpha value is -3.04. The molecule has 0 saturated carbocycles. The molecule has 1 fully saturated rings. The van der Waals surface area contributed by atoms with Crippen LogP contribution in [0.2, 0.25) is 0 Å². The first-order valence-electron chi connectivity index (χ1n) is 11.3. The van der Waals surface area contributed by atoms with Gasteiger partial charge in [-0.05, 0) is 68.5 Å². The highest BCUT2D eigenvalue weighted by molar-refractivity contribution is 7.89. The van der Waals surface area contributed by atoms with Crippen molar-refractivity contribution in [2.75, 3.05) is 13.1 Å². The summed E-state index contributed by atoms with van der Waals surface area (Å²) in [6.07, 6.45) is 0.251. The summed E-state index contributed by atoms with van der Waals surface area (Å²) in [4.78, 5) is 12.8. The number of aryl methyl sites for hydroxylation is 1. The molecule has 2 aromatic carbocycles. The largest absolute Gasteiger partial charge is 0.449 e. The Morgan fingerprint density at radius 1 is 1.03 bits per heavy atom. The van der Waals surface area contributed by atoms with Gasteiger partial charge in [0.05, 0.1) is 10.5 Å². The first kappa shape index (κ1) is 24.1. The van der Waals surface area contributed by atoms with Gasteiger partial charge in [-0.2, -0.15) is 4.31 Å². The average molecular weight is 484 g/mol. The van der Waals surface area contributed by atoms with Crippen molar-refractivity contribution in [1.29, 1.82) is 0 Å². The summed E-state index contributed by atoms with van der Waals surface area (Å²) in [7, 11) is -3.61. The predicted octanol–water partition coefficient (Wildman–Crippen LogP) is 4.63. The van der Waals surface area contributed by atoms with Crippen LogP contribution in [0, 0.1) is 18.8 Å². The van der Waals surface area contributed by atoms with Crippen LogP contribution in [-0.4, -0.2) is 42.0 Å². The Labute approximate surface area is 200 Å². The molecule has 0 radical (unpaired) electrons. The quantitative estimate of drug-likeness (QED) is 0.471. The van der Waals surface area contributed by atoms with Crippen LogP contribution < -0.4 is 0 Å². The molecule has 1 aromatic heterocycles. The van der Waals surface area contributed by atoms with Crippen molar-refractivity contribution in [3.63, 3.8) is 0 Å². The third-order valence-electron chi connectivity index (χ3n) is 5.93. The van der Waals surface area contributed by atoms with Crippen molar-refractivity contribution >= 4 is 16.0 Å². The van der Waals surface area contributed by atoms with E-state index in [0.29, 0.717) is 30.8 Å². The second kappa shape index (κ2) is 9.68. The number of sulfonamides is 1. The number of hydrogen-bond acceptors (Lipinski definition) is 7. The maximum atomic E-state index is 13.0. The van der Waals surface area contributed by atoms with Crippen molar-refractivity contribution in [2.24, 2.45) is 11.8 Å². The van der Waals surface area contributed by atoms with Gasteiger partial charge in [-0.3, -0.25) is 0 Å². The van der Waals surface area contributed by atoms with Gasteiger partial charge in [0, 0.05) is 18.7 Å². The van der Waals surface area contributed by atoms with Crippen molar-refractivity contribution in [3.05, 3.63) is 65.5 Å². The van der Waals surface area contributed by atoms with Crippen molar-refractivity contribution in [1.82, 2.24) is 14.5 Å². The first-order valence-corrected chi connectivity index (χ1v) is 12.8. The average Bonchev–Trinajstić information content (AvgIpc) is 3.29. The lowest BCUT2D eigenvalue weighted by Gasteiger charge is -2.34. The minimum absolute atomic E-state index is 0.165. The maximum absolute atomic E-state index is 13.0. The molecule has 1 aliphatic rings. The van der Waals surface area contributed by atoms with Crippen LogP contribution in [0.1, 0.15) is 55.1 Å². The minimum Gasteiger partial charge on any atom is -0.449 e. The zero-order chi connectivity index (χ0) is 24.5. The van der Waals surface area contributed by atoms with E-state index in [9.17, 15) is 13.2 Å². The van der Waals surface area contributed by atoms with Crippen LogP contribution in [0.4, 0.5) is 0 Å². The van der Waals surface area contributed by atoms with Crippen LogP contribution in [0.3, 0.4) is 0 Å². The Kier molecular flexibility index (Phi) is 6.86. The molecule has 1 aliphatic heterocycles. The molecule has 3 aromatic rings. The van der Waals surface area contributed by atoms with E-state index in [1.807, 2.05) is 31.2 Å². The molecular formula is C25H29N3O5S. The minimum atomic E-state index is -3.61. The van der Waals surface area contributed by atoms with Crippen molar-refractivity contribution in [2.45, 2.75) is 45.1 Å². The van der Waals surface area contributed by atoms with Crippen LogP contribution >= 0.6 is 0 Å². The molecule has 3 unspecified atom stereocenters. The van der Waals surface area contributed by atoms with E-state index in [1.165, 1.54) is 28.6 Å². The number of ether oxygens (including phenoxy) is 1. The zero-order valence-electron chi connectivity index (χ0n) is 19.8. The SMILES string of the molecule is Cc1ccc(-c2nnc(C(C)OC(=O)c3ccc(S(=O)(=O)N4CC(C)CC(C)C4)cc3)o2)cc1. The van der Waals surface area contributed by atoms with E-state index >= 15 is 0 Å². The highest BCUT2D eigenvalue weighted by atomic mass is 32.2. The molecule has 8 nitrogen and oxygen atoms in total. The molecule has 4 rings (SSSR count). The third-order valence-corrected chi connectivity index (χ3v) is 7.78. The molecular weight excluding hydrogens is 454 g/mol. The van der Waals surface area contributed by atoms with Crippen LogP contribution in [0.25, 0.3) is 11.5 Å². The summed E-state index contributed by atoms with van der Waals surface area (Å²) in [5.74, 6) is 0.535. The summed E-state index contributed by atoms with van der Waals surface area (Å²) in [5.41, 5.74) is 2.13. The highest BCUT2D eigenvalue weighted by Gasteiger charge is 2.31. The summed E-state index contributed by atoms with van der Waals surface area (Å²) >= 11 is 0. The summed E-state index contributed by atoms with van der Waals surface area (Å²) in [5, 5.41) is 8.02. The molecule has 0 spiro atoms. The normalized spacial score (nSPS) is 20.1. The Morgan fingerprint density at radius 3 is 2.26 bits per heavy atom. The third kappa shape index (κ3) is 5.20. The lowest BCUT2D eigenvalue weighted by atomic mass is 9.94. The van der Waals surface area contributed by atoms with Crippen molar-refractivity contribution in [3.8, 4) is 11.5 Å². The van der Waals surface area contributed by atoms with E-state index in [-0.39, 0.29) is 16.3 Å². The molecule has 0 bridgehead atoms. The fraction of sp³-hybridized carbons (Fsp3) is 0.400. The molecule has 3 atom stereocenters. The van der Waals surface area contributed by atoms with Gasteiger partial charge in [0.1, 0.15) is 0 Å². The fourth-order valence-corrected chi connectivity index (χ4v) is 5.88. The molecule has 1 saturated heterocycles. The van der Waals surface area contributed by atoms with Gasteiger partial charge >= 0.3 is 5.97 Å². The van der Waals surface area contributed by atoms with Gasteiger partial charge in [0.2, 0.25) is 15.9 Å². The smallest absolute Gasteiger partial charge is 0.338 e. The Balaban J connectivity index is 1.42.